The van der Waals surface area contributed by atoms with Crippen LogP contribution < -0.4 is 20.1 Å². The summed E-state index contributed by atoms with van der Waals surface area (Å²) >= 11 is 0. The average Bonchev–Trinajstić information content (AvgIpc) is 3.37. The molecule has 1 aliphatic heterocycles. The van der Waals surface area contributed by atoms with Crippen LogP contribution in [-0.4, -0.2) is 38.2 Å². The predicted molar refractivity (Wildman–Crippen MR) is 126 cm³/mol. The molecule has 33 heavy (non-hydrogen) atoms. The molecular formula is C26H26N2O5. The van der Waals surface area contributed by atoms with Gasteiger partial charge in [-0.15, -0.1) is 0 Å². The van der Waals surface area contributed by atoms with Gasteiger partial charge in [-0.25, -0.2) is 0 Å². The summed E-state index contributed by atoms with van der Waals surface area (Å²) in [6.07, 6.45) is 2.06. The number of carbonyl (C=O) groups is 2. The number of nitrogens with one attached hydrogen (secondary N) is 2. The van der Waals surface area contributed by atoms with E-state index in [4.69, 9.17) is 14.2 Å². The van der Waals surface area contributed by atoms with Crippen LogP contribution in [0, 0.1) is 0 Å². The van der Waals surface area contributed by atoms with Gasteiger partial charge in [0.2, 0.25) is 0 Å². The molecule has 0 radical (unpaired) electrons. The predicted octanol–water partition coefficient (Wildman–Crippen LogP) is 4.76. The molecule has 0 aromatic heterocycles. The summed E-state index contributed by atoms with van der Waals surface area (Å²) in [5.74, 6) is 0.701. The smallest absolute Gasteiger partial charge is 0.259 e. The van der Waals surface area contributed by atoms with E-state index in [9.17, 15) is 9.59 Å². The number of ether oxygens (including phenoxy) is 3. The van der Waals surface area contributed by atoms with Crippen molar-refractivity contribution in [1.29, 1.82) is 0 Å². The second kappa shape index (κ2) is 10.7. The van der Waals surface area contributed by atoms with Crippen molar-refractivity contribution in [3.63, 3.8) is 0 Å². The second-order valence-corrected chi connectivity index (χ2v) is 7.66. The van der Waals surface area contributed by atoms with Crippen LogP contribution in [0.1, 0.15) is 33.6 Å². The van der Waals surface area contributed by atoms with E-state index in [1.807, 2.05) is 6.07 Å². The molecule has 2 N–H and O–H groups in total. The van der Waals surface area contributed by atoms with Gasteiger partial charge in [0.15, 0.2) is 0 Å². The van der Waals surface area contributed by atoms with E-state index < -0.39 is 0 Å². The first-order valence-corrected chi connectivity index (χ1v) is 10.8. The number of carbonyl (C=O) groups excluding carboxylic acids is 2. The van der Waals surface area contributed by atoms with Gasteiger partial charge in [0.1, 0.15) is 18.1 Å². The third-order valence-corrected chi connectivity index (χ3v) is 5.33. The van der Waals surface area contributed by atoms with Crippen LogP contribution in [0.15, 0.2) is 72.8 Å². The first kappa shape index (κ1) is 22.4. The number of hydrogen-bond acceptors (Lipinski definition) is 5. The van der Waals surface area contributed by atoms with Crippen molar-refractivity contribution in [1.82, 2.24) is 0 Å². The van der Waals surface area contributed by atoms with Crippen LogP contribution in [0.2, 0.25) is 0 Å². The fourth-order valence-corrected chi connectivity index (χ4v) is 3.52. The Bertz CT molecular complexity index is 1090. The third-order valence-electron chi connectivity index (χ3n) is 5.33. The Morgan fingerprint density at radius 2 is 1.58 bits per heavy atom. The van der Waals surface area contributed by atoms with E-state index in [0.29, 0.717) is 40.6 Å². The van der Waals surface area contributed by atoms with Crippen LogP contribution in [0.25, 0.3) is 0 Å². The molecule has 7 nitrogen and oxygen atoms in total. The zero-order valence-corrected chi connectivity index (χ0v) is 18.4. The lowest BCUT2D eigenvalue weighted by Crippen LogP contribution is -2.19. The first-order valence-electron chi connectivity index (χ1n) is 10.8. The zero-order chi connectivity index (χ0) is 23.0. The maximum Gasteiger partial charge on any atom is 0.259 e. The van der Waals surface area contributed by atoms with Crippen LogP contribution in [0.4, 0.5) is 11.4 Å². The quantitative estimate of drug-likeness (QED) is 0.521. The number of para-hydroxylation sites is 1. The molecule has 7 heteroatoms. The van der Waals surface area contributed by atoms with Gasteiger partial charge in [-0.1, -0.05) is 12.1 Å². The summed E-state index contributed by atoms with van der Waals surface area (Å²) in [5.41, 5.74) is 2.16. The number of amides is 2. The first-order chi connectivity index (χ1) is 16.1. The van der Waals surface area contributed by atoms with E-state index in [1.54, 1.807) is 73.8 Å². The Balaban J connectivity index is 1.36. The van der Waals surface area contributed by atoms with Crippen LogP contribution in [0.5, 0.6) is 11.5 Å². The highest BCUT2D eigenvalue weighted by Gasteiger charge is 2.18. The minimum atomic E-state index is -0.284. The molecule has 1 unspecified atom stereocenters. The third kappa shape index (κ3) is 5.90. The van der Waals surface area contributed by atoms with Crippen molar-refractivity contribution >= 4 is 23.2 Å². The normalized spacial score (nSPS) is 15.0. The maximum absolute atomic E-state index is 12.8. The number of methoxy groups -OCH3 is 1. The summed E-state index contributed by atoms with van der Waals surface area (Å²) in [6, 6.07) is 20.9. The average molecular weight is 447 g/mol. The minimum Gasteiger partial charge on any atom is -0.497 e. The highest BCUT2D eigenvalue weighted by atomic mass is 16.5. The lowest BCUT2D eigenvalue weighted by atomic mass is 10.1. The standard InChI is InChI=1S/C26H26N2O5/c1-31-21-14-12-20(13-15-21)27-25(29)18-8-10-19(11-9-18)28-26(30)23-6-2-3-7-24(23)33-17-22-5-4-16-32-22/h2-3,6-15,22H,4-5,16-17H2,1H3,(H,27,29)(H,28,30). The molecule has 170 valence electrons. The fraction of sp³-hybridized carbons (Fsp3) is 0.231. The van der Waals surface area contributed by atoms with Gasteiger partial charge in [0.05, 0.1) is 18.8 Å². The molecule has 0 saturated carbocycles. The summed E-state index contributed by atoms with van der Waals surface area (Å²) in [4.78, 5) is 25.3. The summed E-state index contributed by atoms with van der Waals surface area (Å²) in [6.45, 7) is 1.17. The van der Waals surface area contributed by atoms with Gasteiger partial charge in [-0.05, 0) is 73.5 Å². The van der Waals surface area contributed by atoms with Crippen LogP contribution >= 0.6 is 0 Å². The lowest BCUT2D eigenvalue weighted by molar-refractivity contribution is 0.0673. The van der Waals surface area contributed by atoms with Gasteiger partial charge in [0.25, 0.3) is 11.8 Å². The molecule has 0 spiro atoms. The van der Waals surface area contributed by atoms with Gasteiger partial charge < -0.3 is 24.8 Å². The number of rotatable bonds is 8. The number of benzene rings is 3. The molecule has 0 aliphatic carbocycles. The van der Waals surface area contributed by atoms with Gasteiger partial charge in [0, 0.05) is 23.5 Å². The van der Waals surface area contributed by atoms with E-state index in [-0.39, 0.29) is 17.9 Å². The van der Waals surface area contributed by atoms with Crippen molar-refractivity contribution in [2.75, 3.05) is 31.0 Å². The van der Waals surface area contributed by atoms with Crippen molar-refractivity contribution in [3.8, 4) is 11.5 Å². The molecule has 1 atom stereocenters. The Morgan fingerprint density at radius 1 is 0.909 bits per heavy atom. The summed E-state index contributed by atoms with van der Waals surface area (Å²) in [7, 11) is 1.59. The van der Waals surface area contributed by atoms with Crippen LogP contribution in [0.3, 0.4) is 0 Å². The van der Waals surface area contributed by atoms with Crippen molar-refractivity contribution in [2.45, 2.75) is 18.9 Å². The molecular weight excluding hydrogens is 420 g/mol. The second-order valence-electron chi connectivity index (χ2n) is 7.66. The zero-order valence-electron chi connectivity index (χ0n) is 18.4. The van der Waals surface area contributed by atoms with E-state index >= 15 is 0 Å². The monoisotopic (exact) mass is 446 g/mol. The minimum absolute atomic E-state index is 0.0673. The van der Waals surface area contributed by atoms with Crippen molar-refractivity contribution in [2.24, 2.45) is 0 Å². The molecule has 1 fully saturated rings. The molecule has 3 aromatic rings. The Labute approximate surface area is 192 Å². The molecule has 1 aliphatic rings. The number of anilines is 2. The van der Waals surface area contributed by atoms with Gasteiger partial charge >= 0.3 is 0 Å². The van der Waals surface area contributed by atoms with Crippen molar-refractivity contribution in [3.05, 3.63) is 83.9 Å². The topological polar surface area (TPSA) is 85.9 Å². The highest BCUT2D eigenvalue weighted by molar-refractivity contribution is 6.07. The molecule has 4 rings (SSSR count). The highest BCUT2D eigenvalue weighted by Crippen LogP contribution is 2.22. The summed E-state index contributed by atoms with van der Waals surface area (Å²) < 4.78 is 16.6. The Hall–Kier alpha value is -3.84. The Kier molecular flexibility index (Phi) is 7.22. The molecule has 1 heterocycles. The Morgan fingerprint density at radius 3 is 2.24 bits per heavy atom. The molecule has 1 saturated heterocycles. The lowest BCUT2D eigenvalue weighted by Gasteiger charge is -2.14. The number of hydrogen-bond donors (Lipinski definition) is 2. The van der Waals surface area contributed by atoms with E-state index in [1.165, 1.54) is 0 Å². The summed E-state index contributed by atoms with van der Waals surface area (Å²) in [5, 5.41) is 5.69. The molecule has 2 amide bonds. The largest absolute Gasteiger partial charge is 0.497 e. The molecule has 3 aromatic carbocycles. The molecule has 0 bridgehead atoms. The van der Waals surface area contributed by atoms with Crippen LogP contribution in [-0.2, 0) is 4.74 Å². The fourth-order valence-electron chi connectivity index (χ4n) is 3.52. The maximum atomic E-state index is 12.8. The van der Waals surface area contributed by atoms with E-state index in [0.717, 1.165) is 19.4 Å². The van der Waals surface area contributed by atoms with E-state index in [2.05, 4.69) is 10.6 Å². The van der Waals surface area contributed by atoms with Gasteiger partial charge in [-0.2, -0.15) is 0 Å². The SMILES string of the molecule is COc1ccc(NC(=O)c2ccc(NC(=O)c3ccccc3OCC3CCCO3)cc2)cc1. The van der Waals surface area contributed by atoms with Crippen molar-refractivity contribution < 1.29 is 23.8 Å². The van der Waals surface area contributed by atoms with Gasteiger partial charge in [-0.3, -0.25) is 9.59 Å².